The number of hydrogen-bond acceptors (Lipinski definition) is 3. The summed E-state index contributed by atoms with van der Waals surface area (Å²) in [5.74, 6) is 0.342. The second-order valence-corrected chi connectivity index (χ2v) is 4.30. The maximum atomic E-state index is 11.5. The smallest absolute Gasteiger partial charge is 0.267 e. The van der Waals surface area contributed by atoms with Crippen LogP contribution in [-0.4, -0.2) is 9.78 Å². The van der Waals surface area contributed by atoms with E-state index >= 15 is 0 Å². The molecule has 0 atom stereocenters. The van der Waals surface area contributed by atoms with Crippen molar-refractivity contribution in [3.05, 3.63) is 56.8 Å². The van der Waals surface area contributed by atoms with E-state index in [0.29, 0.717) is 12.4 Å². The van der Waals surface area contributed by atoms with Gasteiger partial charge < -0.3 is 5.73 Å². The molecule has 0 fully saturated rings. The molecule has 1 aromatic heterocycles. The van der Waals surface area contributed by atoms with Gasteiger partial charge in [-0.2, -0.15) is 5.10 Å². The van der Waals surface area contributed by atoms with E-state index in [2.05, 4.69) is 21.0 Å². The molecule has 1 heterocycles. The van der Waals surface area contributed by atoms with Gasteiger partial charge in [0.15, 0.2) is 0 Å². The predicted molar refractivity (Wildman–Crippen MR) is 66.2 cm³/mol. The average Bonchev–Trinajstić information content (AvgIpc) is 2.24. The van der Waals surface area contributed by atoms with Crippen LogP contribution in [0.1, 0.15) is 5.56 Å². The van der Waals surface area contributed by atoms with Crippen LogP contribution in [0.5, 0.6) is 0 Å². The molecule has 4 nitrogen and oxygen atoms in total. The number of rotatable bonds is 2. The second kappa shape index (κ2) is 4.49. The third-order valence-corrected chi connectivity index (χ3v) is 2.60. The minimum absolute atomic E-state index is 0.158. The first kappa shape index (κ1) is 10.9. The summed E-state index contributed by atoms with van der Waals surface area (Å²) in [5.41, 5.74) is 6.37. The number of aromatic nitrogens is 2. The lowest BCUT2D eigenvalue weighted by molar-refractivity contribution is 0.644. The van der Waals surface area contributed by atoms with Crippen LogP contribution >= 0.6 is 15.9 Å². The first-order chi connectivity index (χ1) is 7.65. The summed E-state index contributed by atoms with van der Waals surface area (Å²) in [5, 5.41) is 3.96. The molecule has 2 rings (SSSR count). The van der Waals surface area contributed by atoms with Crippen LogP contribution in [0.3, 0.4) is 0 Å². The number of nitrogens with two attached hydrogens (primary N) is 1. The van der Waals surface area contributed by atoms with Gasteiger partial charge in [-0.25, -0.2) is 4.68 Å². The lowest BCUT2D eigenvalue weighted by Gasteiger charge is -2.05. The Morgan fingerprint density at radius 1 is 1.31 bits per heavy atom. The molecular formula is C11H10BrN3O. The highest BCUT2D eigenvalue weighted by Gasteiger charge is 2.00. The van der Waals surface area contributed by atoms with Crippen LogP contribution in [0.25, 0.3) is 0 Å². The zero-order valence-electron chi connectivity index (χ0n) is 8.43. The van der Waals surface area contributed by atoms with Gasteiger partial charge in [-0.1, -0.05) is 28.1 Å². The first-order valence-corrected chi connectivity index (χ1v) is 5.52. The van der Waals surface area contributed by atoms with Crippen LogP contribution in [0.15, 0.2) is 45.7 Å². The van der Waals surface area contributed by atoms with Crippen molar-refractivity contribution in [3.8, 4) is 0 Å². The van der Waals surface area contributed by atoms with Gasteiger partial charge >= 0.3 is 0 Å². The summed E-state index contributed by atoms with van der Waals surface area (Å²) in [6.07, 6.45) is 0. The summed E-state index contributed by atoms with van der Waals surface area (Å²) >= 11 is 3.38. The minimum atomic E-state index is -0.158. The van der Waals surface area contributed by atoms with E-state index < -0.39 is 0 Å². The Bertz CT molecular complexity index is 565. The quantitative estimate of drug-likeness (QED) is 0.909. The van der Waals surface area contributed by atoms with Gasteiger partial charge in [-0.3, -0.25) is 4.79 Å². The van der Waals surface area contributed by atoms with Gasteiger partial charge in [0.05, 0.1) is 6.54 Å². The normalized spacial score (nSPS) is 10.3. The van der Waals surface area contributed by atoms with Crippen molar-refractivity contribution in [1.29, 1.82) is 0 Å². The molecular weight excluding hydrogens is 270 g/mol. The van der Waals surface area contributed by atoms with Crippen molar-refractivity contribution in [1.82, 2.24) is 9.78 Å². The van der Waals surface area contributed by atoms with Crippen LogP contribution in [0.4, 0.5) is 5.82 Å². The maximum absolute atomic E-state index is 11.5. The number of hydrogen-bond donors (Lipinski definition) is 1. The third kappa shape index (κ3) is 2.49. The molecule has 5 heteroatoms. The average molecular weight is 280 g/mol. The predicted octanol–water partition coefficient (Wildman–Crippen LogP) is 1.64. The molecule has 82 valence electrons. The number of halogens is 1. The van der Waals surface area contributed by atoms with Crippen LogP contribution in [0.2, 0.25) is 0 Å². The van der Waals surface area contributed by atoms with E-state index in [-0.39, 0.29) is 5.56 Å². The third-order valence-electron chi connectivity index (χ3n) is 2.11. The van der Waals surface area contributed by atoms with Gasteiger partial charge in [-0.05, 0) is 23.8 Å². The van der Waals surface area contributed by atoms with Crippen molar-refractivity contribution in [2.24, 2.45) is 0 Å². The summed E-state index contributed by atoms with van der Waals surface area (Å²) in [6.45, 7) is 0.420. The molecule has 16 heavy (non-hydrogen) atoms. The second-order valence-electron chi connectivity index (χ2n) is 3.38. The fourth-order valence-electron chi connectivity index (χ4n) is 1.39. The molecule has 0 aliphatic heterocycles. The molecule has 0 aliphatic carbocycles. The van der Waals surface area contributed by atoms with Gasteiger partial charge in [0.1, 0.15) is 5.82 Å². The van der Waals surface area contributed by atoms with Crippen LogP contribution in [0, 0.1) is 0 Å². The van der Waals surface area contributed by atoms with Crippen molar-refractivity contribution >= 4 is 21.7 Å². The fraction of sp³-hybridized carbons (Fsp3) is 0.0909. The van der Waals surface area contributed by atoms with E-state index in [9.17, 15) is 4.79 Å². The van der Waals surface area contributed by atoms with Crippen molar-refractivity contribution < 1.29 is 0 Å². The Hall–Kier alpha value is -1.62. The van der Waals surface area contributed by atoms with E-state index in [1.165, 1.54) is 16.8 Å². The zero-order valence-corrected chi connectivity index (χ0v) is 10.0. The van der Waals surface area contributed by atoms with Gasteiger partial charge in [0.25, 0.3) is 5.56 Å². The van der Waals surface area contributed by atoms with Crippen LogP contribution in [-0.2, 0) is 6.54 Å². The van der Waals surface area contributed by atoms with Crippen LogP contribution < -0.4 is 11.3 Å². The molecule has 2 N–H and O–H groups in total. The van der Waals surface area contributed by atoms with Gasteiger partial charge in [0.2, 0.25) is 0 Å². The number of nitrogen functional groups attached to an aromatic ring is 1. The molecule has 0 saturated carbocycles. The molecule has 0 radical (unpaired) electrons. The summed E-state index contributed by atoms with van der Waals surface area (Å²) in [4.78, 5) is 11.5. The Morgan fingerprint density at radius 2 is 2.12 bits per heavy atom. The summed E-state index contributed by atoms with van der Waals surface area (Å²) < 4.78 is 2.32. The highest BCUT2D eigenvalue weighted by atomic mass is 79.9. The Kier molecular flexibility index (Phi) is 3.05. The Morgan fingerprint density at radius 3 is 2.88 bits per heavy atom. The number of anilines is 1. The largest absolute Gasteiger partial charge is 0.382 e. The Balaban J connectivity index is 2.34. The molecule has 0 unspecified atom stereocenters. The highest BCUT2D eigenvalue weighted by Crippen LogP contribution is 2.11. The topological polar surface area (TPSA) is 60.9 Å². The van der Waals surface area contributed by atoms with E-state index in [0.717, 1.165) is 10.0 Å². The summed E-state index contributed by atoms with van der Waals surface area (Å²) in [7, 11) is 0. The van der Waals surface area contributed by atoms with E-state index in [1.807, 2.05) is 24.3 Å². The van der Waals surface area contributed by atoms with Gasteiger partial charge in [-0.15, -0.1) is 0 Å². The minimum Gasteiger partial charge on any atom is -0.382 e. The molecule has 0 spiro atoms. The standard InChI is InChI=1S/C11H10BrN3O/c12-9-3-1-2-8(6-9)7-15-11(16)5-4-10(13)14-15/h1-6H,7H2,(H2,13,14). The molecule has 0 bridgehead atoms. The Labute approximate surface area is 101 Å². The maximum Gasteiger partial charge on any atom is 0.267 e. The SMILES string of the molecule is Nc1ccc(=O)n(Cc2cccc(Br)c2)n1. The van der Waals surface area contributed by atoms with Crippen molar-refractivity contribution in [3.63, 3.8) is 0 Å². The van der Waals surface area contributed by atoms with E-state index in [4.69, 9.17) is 5.73 Å². The first-order valence-electron chi connectivity index (χ1n) is 4.73. The molecule has 1 aromatic carbocycles. The summed E-state index contributed by atoms with van der Waals surface area (Å²) in [6, 6.07) is 10.6. The van der Waals surface area contributed by atoms with Crippen molar-refractivity contribution in [2.75, 3.05) is 5.73 Å². The highest BCUT2D eigenvalue weighted by molar-refractivity contribution is 9.10. The molecule has 0 aliphatic rings. The fourth-order valence-corrected chi connectivity index (χ4v) is 1.83. The van der Waals surface area contributed by atoms with Crippen molar-refractivity contribution in [2.45, 2.75) is 6.54 Å². The molecule has 2 aromatic rings. The molecule has 0 saturated heterocycles. The molecule has 0 amide bonds. The van der Waals surface area contributed by atoms with E-state index in [1.54, 1.807) is 0 Å². The monoisotopic (exact) mass is 279 g/mol. The lowest BCUT2D eigenvalue weighted by Crippen LogP contribution is -2.23. The van der Waals surface area contributed by atoms with Gasteiger partial charge in [0, 0.05) is 10.5 Å². The number of nitrogens with zero attached hydrogens (tertiary/aromatic N) is 2. The lowest BCUT2D eigenvalue weighted by atomic mass is 10.2. The zero-order chi connectivity index (χ0) is 11.5. The number of benzene rings is 1.